The summed E-state index contributed by atoms with van der Waals surface area (Å²) >= 11 is 0. The Labute approximate surface area is 138 Å². The van der Waals surface area contributed by atoms with Gasteiger partial charge in [0, 0.05) is 17.5 Å². The minimum atomic E-state index is -0.964. The van der Waals surface area contributed by atoms with Crippen LogP contribution in [0.5, 0.6) is 0 Å². The predicted molar refractivity (Wildman–Crippen MR) is 93.4 cm³/mol. The van der Waals surface area contributed by atoms with E-state index in [2.05, 4.69) is 37.9 Å². The summed E-state index contributed by atoms with van der Waals surface area (Å²) in [7, 11) is 0. The third-order valence-electron chi connectivity index (χ3n) is 4.16. The molecule has 23 heavy (non-hydrogen) atoms. The normalized spacial score (nSPS) is 11.6. The molecule has 0 saturated carbocycles. The third kappa shape index (κ3) is 3.79. The Balaban J connectivity index is 2.51. The van der Waals surface area contributed by atoms with E-state index in [0.717, 1.165) is 11.3 Å². The molecule has 0 unspecified atom stereocenters. The summed E-state index contributed by atoms with van der Waals surface area (Å²) in [5, 5.41) is 9.55. The predicted octanol–water partition coefficient (Wildman–Crippen LogP) is 4.59. The molecule has 1 heterocycles. The number of nitrogens with zero attached hydrogens (tertiary/aromatic N) is 1. The van der Waals surface area contributed by atoms with Gasteiger partial charge in [0.05, 0.1) is 0 Å². The molecule has 0 radical (unpaired) electrons. The number of aryl methyl sites for hydroxylation is 3. The number of carboxylic acids is 1. The van der Waals surface area contributed by atoms with E-state index in [4.69, 9.17) is 0 Å². The topological polar surface area (TPSA) is 50.2 Å². The maximum atomic E-state index is 11.7. The molecule has 0 aliphatic carbocycles. The van der Waals surface area contributed by atoms with Crippen LogP contribution in [-0.4, -0.2) is 16.1 Å². The molecular weight excluding hydrogens is 286 g/mol. The Morgan fingerprint density at radius 2 is 1.65 bits per heavy atom. The van der Waals surface area contributed by atoms with Crippen molar-refractivity contribution in [2.75, 3.05) is 0 Å². The molecule has 0 bridgehead atoms. The number of hydrogen-bond donors (Lipinski definition) is 1. The number of pyridine rings is 1. The van der Waals surface area contributed by atoms with Crippen LogP contribution < -0.4 is 0 Å². The van der Waals surface area contributed by atoms with E-state index in [0.29, 0.717) is 6.42 Å². The van der Waals surface area contributed by atoms with E-state index in [9.17, 15) is 9.90 Å². The van der Waals surface area contributed by atoms with Crippen molar-refractivity contribution in [1.82, 2.24) is 4.98 Å². The molecular formula is C20H25NO2. The number of rotatable bonds is 3. The summed E-state index contributed by atoms with van der Waals surface area (Å²) < 4.78 is 0. The molecule has 0 amide bonds. The van der Waals surface area contributed by atoms with Gasteiger partial charge in [-0.1, -0.05) is 44.5 Å². The average molecular weight is 311 g/mol. The number of carboxylic acid groups (broad SMARTS) is 1. The SMILES string of the molecule is Cc1cc(C)c(Cc2ccc(C(C)(C)C)nc2C(=O)O)c(C)c1. The zero-order valence-corrected chi connectivity index (χ0v) is 14.8. The summed E-state index contributed by atoms with van der Waals surface area (Å²) in [4.78, 5) is 16.1. The monoisotopic (exact) mass is 311 g/mol. The van der Waals surface area contributed by atoms with Crippen LogP contribution in [0.1, 0.15) is 64.8 Å². The largest absolute Gasteiger partial charge is 0.477 e. The minimum Gasteiger partial charge on any atom is -0.477 e. The molecule has 0 aliphatic heterocycles. The van der Waals surface area contributed by atoms with E-state index in [1.54, 1.807) is 0 Å². The number of hydrogen-bond acceptors (Lipinski definition) is 2. The molecule has 2 rings (SSSR count). The summed E-state index contributed by atoms with van der Waals surface area (Å²) in [6.45, 7) is 12.3. The van der Waals surface area contributed by atoms with Gasteiger partial charge in [-0.2, -0.15) is 0 Å². The van der Waals surface area contributed by atoms with Crippen molar-refractivity contribution in [3.8, 4) is 0 Å². The lowest BCUT2D eigenvalue weighted by molar-refractivity contribution is 0.0689. The first-order valence-electron chi connectivity index (χ1n) is 7.90. The molecule has 0 spiro atoms. The van der Waals surface area contributed by atoms with Crippen LogP contribution in [-0.2, 0) is 11.8 Å². The van der Waals surface area contributed by atoms with Gasteiger partial charge < -0.3 is 5.11 Å². The van der Waals surface area contributed by atoms with Crippen LogP contribution in [0.2, 0.25) is 0 Å². The Hall–Kier alpha value is -2.16. The number of aromatic carboxylic acids is 1. The second kappa shape index (κ2) is 6.15. The van der Waals surface area contributed by atoms with Gasteiger partial charge in [0.15, 0.2) is 5.69 Å². The molecule has 0 atom stereocenters. The maximum absolute atomic E-state index is 11.7. The summed E-state index contributed by atoms with van der Waals surface area (Å²) in [6.07, 6.45) is 0.594. The van der Waals surface area contributed by atoms with Gasteiger partial charge in [-0.15, -0.1) is 0 Å². The highest BCUT2D eigenvalue weighted by Gasteiger charge is 2.21. The van der Waals surface area contributed by atoms with Crippen LogP contribution in [0.4, 0.5) is 0 Å². The molecule has 122 valence electrons. The Bertz CT molecular complexity index is 732. The lowest BCUT2D eigenvalue weighted by Crippen LogP contribution is -2.17. The fourth-order valence-corrected chi connectivity index (χ4v) is 2.91. The summed E-state index contributed by atoms with van der Waals surface area (Å²) in [6, 6.07) is 8.13. The van der Waals surface area contributed by atoms with Gasteiger partial charge in [0.1, 0.15) is 0 Å². The fourth-order valence-electron chi connectivity index (χ4n) is 2.91. The van der Waals surface area contributed by atoms with Crippen molar-refractivity contribution in [2.45, 2.75) is 53.4 Å². The first kappa shape index (κ1) is 17.2. The zero-order valence-electron chi connectivity index (χ0n) is 14.8. The minimum absolute atomic E-state index is 0.164. The fraction of sp³-hybridized carbons (Fsp3) is 0.400. The third-order valence-corrected chi connectivity index (χ3v) is 4.16. The molecule has 0 aliphatic rings. The van der Waals surface area contributed by atoms with Crippen LogP contribution >= 0.6 is 0 Å². The molecule has 3 heteroatoms. The van der Waals surface area contributed by atoms with Crippen molar-refractivity contribution < 1.29 is 9.90 Å². The van der Waals surface area contributed by atoms with Gasteiger partial charge >= 0.3 is 5.97 Å². The Morgan fingerprint density at radius 3 is 2.13 bits per heavy atom. The molecule has 1 aromatic heterocycles. The van der Waals surface area contributed by atoms with E-state index >= 15 is 0 Å². The van der Waals surface area contributed by atoms with Gasteiger partial charge in [-0.25, -0.2) is 9.78 Å². The van der Waals surface area contributed by atoms with E-state index in [1.807, 2.05) is 32.9 Å². The zero-order chi connectivity index (χ0) is 17.4. The lowest BCUT2D eigenvalue weighted by atomic mass is 9.89. The van der Waals surface area contributed by atoms with E-state index < -0.39 is 5.97 Å². The number of benzene rings is 1. The molecule has 0 fully saturated rings. The summed E-state index contributed by atoms with van der Waals surface area (Å²) in [5.41, 5.74) is 6.36. The molecule has 1 N–H and O–H groups in total. The highest BCUT2D eigenvalue weighted by molar-refractivity contribution is 5.87. The van der Waals surface area contributed by atoms with Crippen molar-refractivity contribution in [1.29, 1.82) is 0 Å². The highest BCUT2D eigenvalue weighted by Crippen LogP contribution is 2.25. The van der Waals surface area contributed by atoms with Crippen LogP contribution in [0.25, 0.3) is 0 Å². The van der Waals surface area contributed by atoms with Gasteiger partial charge in [0.2, 0.25) is 0 Å². The van der Waals surface area contributed by atoms with Crippen LogP contribution in [0.3, 0.4) is 0 Å². The maximum Gasteiger partial charge on any atom is 0.354 e. The summed E-state index contributed by atoms with van der Waals surface area (Å²) in [5.74, 6) is -0.964. The van der Waals surface area contributed by atoms with E-state index in [-0.39, 0.29) is 11.1 Å². The van der Waals surface area contributed by atoms with Crippen molar-refractivity contribution in [2.24, 2.45) is 0 Å². The quantitative estimate of drug-likeness (QED) is 0.901. The van der Waals surface area contributed by atoms with E-state index in [1.165, 1.54) is 22.3 Å². The molecule has 1 aromatic carbocycles. The second-order valence-electron chi connectivity index (χ2n) is 7.31. The van der Waals surface area contributed by atoms with Gasteiger partial charge in [-0.05, 0) is 49.1 Å². The first-order chi connectivity index (χ1) is 10.6. The van der Waals surface area contributed by atoms with Gasteiger partial charge in [-0.3, -0.25) is 0 Å². The van der Waals surface area contributed by atoms with Crippen LogP contribution in [0.15, 0.2) is 24.3 Å². The first-order valence-corrected chi connectivity index (χ1v) is 7.90. The lowest BCUT2D eigenvalue weighted by Gasteiger charge is -2.19. The highest BCUT2D eigenvalue weighted by atomic mass is 16.4. The number of aromatic nitrogens is 1. The van der Waals surface area contributed by atoms with Crippen molar-refractivity contribution >= 4 is 5.97 Å². The Kier molecular flexibility index (Phi) is 4.60. The Morgan fingerprint density at radius 1 is 1.09 bits per heavy atom. The standard InChI is InChI=1S/C20H25NO2/c1-12-9-13(2)16(14(3)10-12)11-15-7-8-17(20(4,5)6)21-18(15)19(22)23/h7-10H,11H2,1-6H3,(H,22,23). The van der Waals surface area contributed by atoms with Crippen LogP contribution in [0, 0.1) is 20.8 Å². The smallest absolute Gasteiger partial charge is 0.354 e. The van der Waals surface area contributed by atoms with Crippen molar-refractivity contribution in [3.05, 3.63) is 63.5 Å². The average Bonchev–Trinajstić information content (AvgIpc) is 2.41. The number of carbonyl (C=O) groups is 1. The van der Waals surface area contributed by atoms with Gasteiger partial charge in [0.25, 0.3) is 0 Å². The second-order valence-corrected chi connectivity index (χ2v) is 7.31. The molecule has 0 saturated heterocycles. The van der Waals surface area contributed by atoms with Crippen molar-refractivity contribution in [3.63, 3.8) is 0 Å². The molecule has 2 aromatic rings. The molecule has 3 nitrogen and oxygen atoms in total.